The molecule has 2 aliphatic carbocycles. The number of benzene rings is 1. The summed E-state index contributed by atoms with van der Waals surface area (Å²) < 4.78 is 0. The third-order valence-corrected chi connectivity index (χ3v) is 4.64. The third kappa shape index (κ3) is 2.56. The molecule has 3 heteroatoms. The van der Waals surface area contributed by atoms with Gasteiger partial charge >= 0.3 is 0 Å². The first-order chi connectivity index (χ1) is 9.74. The van der Waals surface area contributed by atoms with Crippen LogP contribution in [0.25, 0.3) is 0 Å². The van der Waals surface area contributed by atoms with Crippen molar-refractivity contribution in [2.75, 3.05) is 0 Å². The van der Waals surface area contributed by atoms with Gasteiger partial charge < -0.3 is 5.32 Å². The van der Waals surface area contributed by atoms with Crippen molar-refractivity contribution in [1.29, 1.82) is 5.26 Å². The molecule has 0 spiro atoms. The van der Waals surface area contributed by atoms with Gasteiger partial charge in [-0.25, -0.2) is 0 Å². The summed E-state index contributed by atoms with van der Waals surface area (Å²) >= 11 is 0. The number of hydrogen-bond donors (Lipinski definition) is 1. The lowest BCUT2D eigenvalue weighted by Gasteiger charge is -2.31. The molecule has 0 saturated heterocycles. The van der Waals surface area contributed by atoms with Crippen LogP contribution in [-0.2, 0) is 4.79 Å². The molecule has 1 aromatic rings. The number of nitrogens with zero attached hydrogens (tertiary/aromatic N) is 1. The Bertz CT molecular complexity index is 526. The van der Waals surface area contributed by atoms with Crippen LogP contribution in [0.3, 0.4) is 0 Å². The van der Waals surface area contributed by atoms with Gasteiger partial charge in [0, 0.05) is 5.92 Å². The highest BCUT2D eigenvalue weighted by atomic mass is 16.2. The lowest BCUT2D eigenvalue weighted by atomic mass is 9.82. The van der Waals surface area contributed by atoms with Crippen LogP contribution in [-0.4, -0.2) is 11.4 Å². The fourth-order valence-corrected chi connectivity index (χ4v) is 3.30. The standard InChI is InChI=1S/C17H20N2O/c18-12-17(9-5-2-6-10-17)19-16(20)15-11-14(15)13-7-3-1-4-8-13/h1,3-4,7-8,14-15H,2,5-6,9-11H2,(H,19,20). The topological polar surface area (TPSA) is 52.9 Å². The van der Waals surface area contributed by atoms with Gasteiger partial charge in [0.2, 0.25) is 5.91 Å². The Hall–Kier alpha value is -1.82. The summed E-state index contributed by atoms with van der Waals surface area (Å²) in [6, 6.07) is 12.5. The van der Waals surface area contributed by atoms with Crippen molar-refractivity contribution in [2.45, 2.75) is 50.0 Å². The Morgan fingerprint density at radius 2 is 1.90 bits per heavy atom. The van der Waals surface area contributed by atoms with Crippen molar-refractivity contribution in [3.05, 3.63) is 35.9 Å². The first-order valence-electron chi connectivity index (χ1n) is 7.52. The summed E-state index contributed by atoms with van der Waals surface area (Å²) in [5.41, 5.74) is 0.640. The second-order valence-electron chi connectivity index (χ2n) is 6.10. The van der Waals surface area contributed by atoms with Crippen LogP contribution in [0, 0.1) is 17.2 Å². The van der Waals surface area contributed by atoms with Gasteiger partial charge in [0.15, 0.2) is 0 Å². The molecule has 3 nitrogen and oxygen atoms in total. The Morgan fingerprint density at radius 1 is 1.20 bits per heavy atom. The molecule has 2 unspecified atom stereocenters. The van der Waals surface area contributed by atoms with Crippen LogP contribution in [0.5, 0.6) is 0 Å². The number of amides is 1. The van der Waals surface area contributed by atoms with E-state index in [-0.39, 0.29) is 11.8 Å². The minimum Gasteiger partial charge on any atom is -0.338 e. The van der Waals surface area contributed by atoms with Gasteiger partial charge in [-0.3, -0.25) is 4.79 Å². The van der Waals surface area contributed by atoms with Crippen LogP contribution in [0.4, 0.5) is 0 Å². The first kappa shape index (κ1) is 13.2. The third-order valence-electron chi connectivity index (χ3n) is 4.64. The van der Waals surface area contributed by atoms with Crippen molar-refractivity contribution in [1.82, 2.24) is 5.32 Å². The Kier molecular flexibility index (Phi) is 3.48. The predicted octanol–water partition coefficient (Wildman–Crippen LogP) is 3.13. The molecule has 1 aromatic carbocycles. The zero-order valence-corrected chi connectivity index (χ0v) is 11.6. The van der Waals surface area contributed by atoms with E-state index in [1.807, 2.05) is 18.2 Å². The minimum atomic E-state index is -0.598. The van der Waals surface area contributed by atoms with Crippen LogP contribution >= 0.6 is 0 Å². The molecule has 0 aromatic heterocycles. The summed E-state index contributed by atoms with van der Waals surface area (Å²) in [7, 11) is 0. The second kappa shape index (κ2) is 5.28. The molecule has 20 heavy (non-hydrogen) atoms. The number of hydrogen-bond acceptors (Lipinski definition) is 2. The van der Waals surface area contributed by atoms with Gasteiger partial charge in [0.1, 0.15) is 5.54 Å². The van der Waals surface area contributed by atoms with Crippen molar-refractivity contribution < 1.29 is 4.79 Å². The van der Waals surface area contributed by atoms with Gasteiger partial charge in [-0.15, -0.1) is 0 Å². The van der Waals surface area contributed by atoms with Gasteiger partial charge in [0.25, 0.3) is 0 Å². The van der Waals surface area contributed by atoms with E-state index in [4.69, 9.17) is 0 Å². The molecule has 0 bridgehead atoms. The summed E-state index contributed by atoms with van der Waals surface area (Å²) in [6.07, 6.45) is 5.78. The zero-order chi connectivity index (χ0) is 14.0. The second-order valence-corrected chi connectivity index (χ2v) is 6.10. The maximum absolute atomic E-state index is 12.4. The van der Waals surface area contributed by atoms with Gasteiger partial charge in [-0.2, -0.15) is 5.26 Å². The van der Waals surface area contributed by atoms with Crippen molar-refractivity contribution in [3.63, 3.8) is 0 Å². The molecule has 0 radical (unpaired) electrons. The lowest BCUT2D eigenvalue weighted by Crippen LogP contribution is -2.49. The molecular formula is C17H20N2O. The van der Waals surface area contributed by atoms with E-state index < -0.39 is 5.54 Å². The molecule has 0 heterocycles. The monoisotopic (exact) mass is 268 g/mol. The van der Waals surface area contributed by atoms with Crippen LogP contribution in [0.15, 0.2) is 30.3 Å². The highest BCUT2D eigenvalue weighted by Gasteiger charge is 2.46. The lowest BCUT2D eigenvalue weighted by molar-refractivity contribution is -0.124. The molecule has 2 atom stereocenters. The summed E-state index contributed by atoms with van der Waals surface area (Å²) in [4.78, 5) is 12.4. The minimum absolute atomic E-state index is 0.0598. The van der Waals surface area contributed by atoms with Gasteiger partial charge in [0.05, 0.1) is 6.07 Å². The van der Waals surface area contributed by atoms with Crippen molar-refractivity contribution in [3.8, 4) is 6.07 Å². The maximum Gasteiger partial charge on any atom is 0.224 e. The van der Waals surface area contributed by atoms with Gasteiger partial charge in [-0.05, 0) is 30.7 Å². The number of nitrogens with one attached hydrogen (secondary N) is 1. The maximum atomic E-state index is 12.4. The molecule has 3 rings (SSSR count). The summed E-state index contributed by atoms with van der Waals surface area (Å²) in [6.45, 7) is 0. The average Bonchev–Trinajstić information content (AvgIpc) is 3.30. The zero-order valence-electron chi connectivity index (χ0n) is 11.6. The molecule has 2 aliphatic rings. The van der Waals surface area contributed by atoms with E-state index in [0.29, 0.717) is 5.92 Å². The van der Waals surface area contributed by atoms with Crippen LogP contribution in [0.1, 0.15) is 50.0 Å². The molecule has 104 valence electrons. The fraction of sp³-hybridized carbons (Fsp3) is 0.529. The highest BCUT2D eigenvalue weighted by Crippen LogP contribution is 2.47. The van der Waals surface area contributed by atoms with E-state index in [0.717, 1.165) is 32.1 Å². The molecule has 2 fully saturated rings. The van der Waals surface area contributed by atoms with Crippen LogP contribution in [0.2, 0.25) is 0 Å². The Balaban J connectivity index is 1.62. The predicted molar refractivity (Wildman–Crippen MR) is 76.9 cm³/mol. The van der Waals surface area contributed by atoms with E-state index in [1.54, 1.807) is 0 Å². The van der Waals surface area contributed by atoms with E-state index >= 15 is 0 Å². The Labute approximate surface area is 120 Å². The normalized spacial score (nSPS) is 27.4. The summed E-state index contributed by atoms with van der Waals surface area (Å²) in [5, 5.41) is 12.5. The smallest absolute Gasteiger partial charge is 0.224 e. The fourth-order valence-electron chi connectivity index (χ4n) is 3.30. The number of carbonyl (C=O) groups excluding carboxylic acids is 1. The van der Waals surface area contributed by atoms with E-state index in [9.17, 15) is 10.1 Å². The van der Waals surface area contributed by atoms with E-state index in [2.05, 4.69) is 23.5 Å². The largest absolute Gasteiger partial charge is 0.338 e. The quantitative estimate of drug-likeness (QED) is 0.915. The molecule has 1 amide bonds. The number of carbonyl (C=O) groups is 1. The van der Waals surface area contributed by atoms with E-state index in [1.165, 1.54) is 12.0 Å². The number of rotatable bonds is 3. The summed E-state index contributed by atoms with van der Waals surface area (Å²) in [5.74, 6) is 0.474. The van der Waals surface area contributed by atoms with Crippen LogP contribution < -0.4 is 5.32 Å². The molecule has 2 saturated carbocycles. The SMILES string of the molecule is N#CC1(NC(=O)C2CC2c2ccccc2)CCCCC1. The molecule has 0 aliphatic heterocycles. The molecular weight excluding hydrogens is 248 g/mol. The average molecular weight is 268 g/mol. The Morgan fingerprint density at radius 3 is 2.55 bits per heavy atom. The van der Waals surface area contributed by atoms with Gasteiger partial charge in [-0.1, -0.05) is 49.6 Å². The van der Waals surface area contributed by atoms with Crippen molar-refractivity contribution in [2.24, 2.45) is 5.92 Å². The first-order valence-corrected chi connectivity index (χ1v) is 7.52. The highest BCUT2D eigenvalue weighted by molar-refractivity contribution is 5.84. The van der Waals surface area contributed by atoms with Crippen molar-refractivity contribution >= 4 is 5.91 Å². The number of nitriles is 1. The molecule has 1 N–H and O–H groups in total.